The van der Waals surface area contributed by atoms with E-state index in [1.54, 1.807) is 0 Å². The van der Waals surface area contributed by atoms with Gasteiger partial charge in [0.2, 0.25) is 0 Å². The van der Waals surface area contributed by atoms with E-state index >= 15 is 0 Å². The van der Waals surface area contributed by atoms with Crippen LogP contribution in [0.15, 0.2) is 61.2 Å². The van der Waals surface area contributed by atoms with E-state index in [9.17, 15) is 0 Å². The Morgan fingerprint density at radius 3 is 1.86 bits per heavy atom. The molecule has 2 aromatic heterocycles. The Bertz CT molecular complexity index is 949. The lowest BCUT2D eigenvalue weighted by atomic mass is 9.93. The molecule has 2 fully saturated rings. The van der Waals surface area contributed by atoms with Crippen LogP contribution < -0.4 is 0 Å². The Hall–Kier alpha value is -2.04. The molecule has 1 aliphatic heterocycles. The van der Waals surface area contributed by atoms with Crippen LogP contribution in [-0.2, 0) is 17.7 Å². The summed E-state index contributed by atoms with van der Waals surface area (Å²) in [5.41, 5.74) is 2.76. The first-order valence-electron chi connectivity index (χ1n) is 17.8. The van der Waals surface area contributed by atoms with Gasteiger partial charge in [-0.1, -0.05) is 94.9 Å². The number of hydrogen-bond donors (Lipinski definition) is 0. The number of pyridine rings is 2. The first-order chi connectivity index (χ1) is 20.9. The molecule has 3 atom stereocenters. The Balaban J connectivity index is 0.939. The second-order valence-electron chi connectivity index (χ2n) is 13.0. The molecule has 0 spiro atoms. The Labute approximate surface area is 257 Å². The van der Waals surface area contributed by atoms with Crippen molar-refractivity contribution in [1.29, 1.82) is 0 Å². The summed E-state index contributed by atoms with van der Waals surface area (Å²) in [6.07, 6.45) is 42.1. The average Bonchev–Trinajstić information content (AvgIpc) is 3.64. The van der Waals surface area contributed by atoms with Gasteiger partial charge in [-0.3, -0.25) is 14.8 Å². The van der Waals surface area contributed by atoms with Gasteiger partial charge < -0.3 is 0 Å². The quantitative estimate of drug-likeness (QED) is 0.0979. The van der Waals surface area contributed by atoms with E-state index < -0.39 is 0 Å². The van der Waals surface area contributed by atoms with E-state index in [1.165, 1.54) is 152 Å². The molecule has 0 bridgehead atoms. The predicted molar refractivity (Wildman–Crippen MR) is 176 cm³/mol. The summed E-state index contributed by atoms with van der Waals surface area (Å²) in [6.45, 7) is 1.11. The Morgan fingerprint density at radius 1 is 0.667 bits per heavy atom. The fourth-order valence-corrected chi connectivity index (χ4v) is 7.13. The van der Waals surface area contributed by atoms with Crippen molar-refractivity contribution in [2.24, 2.45) is 5.92 Å². The van der Waals surface area contributed by atoms with E-state index in [4.69, 9.17) is 4.84 Å². The summed E-state index contributed by atoms with van der Waals surface area (Å²) in [5, 5.41) is 2.41. The van der Waals surface area contributed by atoms with Crippen LogP contribution in [0, 0.1) is 5.92 Å². The van der Waals surface area contributed by atoms with E-state index in [-0.39, 0.29) is 0 Å². The molecule has 1 aliphatic carbocycles. The van der Waals surface area contributed by atoms with Gasteiger partial charge in [0, 0.05) is 43.3 Å². The highest BCUT2D eigenvalue weighted by molar-refractivity contribution is 5.08. The van der Waals surface area contributed by atoms with Crippen LogP contribution in [0.2, 0.25) is 0 Å². The van der Waals surface area contributed by atoms with Crippen LogP contribution in [0.5, 0.6) is 0 Å². The first-order valence-corrected chi connectivity index (χ1v) is 17.8. The second kappa shape index (κ2) is 20.8. The maximum absolute atomic E-state index is 6.55. The molecule has 42 heavy (non-hydrogen) atoms. The zero-order chi connectivity index (χ0) is 28.9. The molecule has 4 rings (SSSR count). The number of fused-ring (bicyclic) bond motifs is 1. The number of hydrogen-bond acceptors (Lipinski definition) is 4. The van der Waals surface area contributed by atoms with Crippen LogP contribution >= 0.6 is 0 Å². The topological polar surface area (TPSA) is 38.2 Å². The third kappa shape index (κ3) is 12.7. The van der Waals surface area contributed by atoms with E-state index in [2.05, 4.69) is 39.3 Å². The minimum atomic E-state index is 0.486. The molecule has 2 aliphatic rings. The van der Waals surface area contributed by atoms with Crippen molar-refractivity contribution >= 4 is 0 Å². The smallest absolute Gasteiger partial charge is 0.0837 e. The molecular formula is C38H59N3O. The van der Waals surface area contributed by atoms with Crippen molar-refractivity contribution in [3.63, 3.8) is 0 Å². The molecule has 0 N–H and O–H groups in total. The summed E-state index contributed by atoms with van der Waals surface area (Å²) in [7, 11) is 0. The van der Waals surface area contributed by atoms with Gasteiger partial charge in [-0.25, -0.2) is 0 Å². The molecule has 232 valence electrons. The van der Waals surface area contributed by atoms with E-state index in [1.807, 2.05) is 36.9 Å². The van der Waals surface area contributed by atoms with Crippen molar-refractivity contribution < 1.29 is 4.84 Å². The number of nitrogens with zero attached hydrogens (tertiary/aromatic N) is 3. The molecule has 1 saturated heterocycles. The van der Waals surface area contributed by atoms with Crippen molar-refractivity contribution in [3.05, 3.63) is 72.3 Å². The van der Waals surface area contributed by atoms with Crippen molar-refractivity contribution in [1.82, 2.24) is 15.0 Å². The molecule has 3 unspecified atom stereocenters. The highest BCUT2D eigenvalue weighted by atomic mass is 16.7. The minimum Gasteiger partial charge on any atom is -0.295 e. The molecule has 1 saturated carbocycles. The molecule has 4 nitrogen and oxygen atoms in total. The summed E-state index contributed by atoms with van der Waals surface area (Å²) >= 11 is 0. The maximum atomic E-state index is 6.55. The summed E-state index contributed by atoms with van der Waals surface area (Å²) in [4.78, 5) is 15.0. The van der Waals surface area contributed by atoms with Crippen molar-refractivity contribution in [2.45, 2.75) is 153 Å². The Morgan fingerprint density at radius 2 is 1.24 bits per heavy atom. The summed E-state index contributed by atoms with van der Waals surface area (Å²) in [6, 6.07) is 9.18. The summed E-state index contributed by atoms with van der Waals surface area (Å²) < 4.78 is 0. The van der Waals surface area contributed by atoms with E-state index in [0.717, 1.165) is 12.5 Å². The number of aryl methyl sites for hydroxylation is 2. The number of aromatic nitrogens is 2. The first kappa shape index (κ1) is 32.9. The monoisotopic (exact) mass is 573 g/mol. The van der Waals surface area contributed by atoms with Gasteiger partial charge in [-0.05, 0) is 93.9 Å². The zero-order valence-electron chi connectivity index (χ0n) is 26.5. The van der Waals surface area contributed by atoms with Gasteiger partial charge >= 0.3 is 0 Å². The van der Waals surface area contributed by atoms with Crippen LogP contribution in [-0.4, -0.2) is 33.7 Å². The lowest BCUT2D eigenvalue weighted by Crippen LogP contribution is -2.29. The molecular weight excluding hydrogens is 514 g/mol. The zero-order valence-corrected chi connectivity index (χ0v) is 26.5. The molecule has 0 radical (unpaired) electrons. The van der Waals surface area contributed by atoms with Crippen molar-refractivity contribution in [3.8, 4) is 0 Å². The Kier molecular flexibility index (Phi) is 16.3. The number of unbranched alkanes of at least 4 members (excludes halogenated alkanes) is 13. The molecule has 0 aromatic carbocycles. The largest absolute Gasteiger partial charge is 0.295 e. The molecule has 4 heteroatoms. The maximum Gasteiger partial charge on any atom is 0.0837 e. The molecule has 0 amide bonds. The molecule has 3 heterocycles. The van der Waals surface area contributed by atoms with Crippen LogP contribution in [0.25, 0.3) is 0 Å². The number of rotatable bonds is 23. The van der Waals surface area contributed by atoms with Gasteiger partial charge in [0.25, 0.3) is 0 Å². The number of hydroxylamine groups is 2. The van der Waals surface area contributed by atoms with Crippen LogP contribution in [0.3, 0.4) is 0 Å². The highest BCUT2D eigenvalue weighted by Gasteiger charge is 2.44. The van der Waals surface area contributed by atoms with Gasteiger partial charge in [0.15, 0.2) is 0 Å². The standard InChI is InChI=1S/C38H59N3O/c1(3-5-7-11-15-22-34-24-20-29-39-32-34)2-4-6-10-14-18-31-41-37-27-19-26-36(37)38(42-41)28-17-13-9-8-12-16-23-35-25-21-30-40-33-35/h6,10,20-21,24-25,29-30,32-33,36-38H,1-5,7-9,11-19,22-23,26-28,31H2. The molecule has 2 aromatic rings. The van der Waals surface area contributed by atoms with Crippen molar-refractivity contribution in [2.75, 3.05) is 6.54 Å². The van der Waals surface area contributed by atoms with E-state index in [0.29, 0.717) is 12.1 Å². The third-order valence-electron chi connectivity index (χ3n) is 9.55. The fourth-order valence-electron chi connectivity index (χ4n) is 7.13. The predicted octanol–water partition coefficient (Wildman–Crippen LogP) is 10.2. The normalized spacial score (nSPS) is 20.5. The second-order valence-corrected chi connectivity index (χ2v) is 13.0. The van der Waals surface area contributed by atoms with Gasteiger partial charge in [0.1, 0.15) is 0 Å². The highest BCUT2D eigenvalue weighted by Crippen LogP contribution is 2.41. The lowest BCUT2D eigenvalue weighted by molar-refractivity contribution is -0.166. The third-order valence-corrected chi connectivity index (χ3v) is 9.55. The summed E-state index contributed by atoms with van der Waals surface area (Å²) in [5.74, 6) is 0.793. The fraction of sp³-hybridized carbons (Fsp3) is 0.684. The lowest BCUT2D eigenvalue weighted by Gasteiger charge is -2.21. The van der Waals surface area contributed by atoms with Crippen LogP contribution in [0.4, 0.5) is 0 Å². The minimum absolute atomic E-state index is 0.486. The average molecular weight is 574 g/mol. The van der Waals surface area contributed by atoms with Gasteiger partial charge in [-0.15, -0.1) is 0 Å². The van der Waals surface area contributed by atoms with Gasteiger partial charge in [0.05, 0.1) is 6.10 Å². The van der Waals surface area contributed by atoms with Gasteiger partial charge in [-0.2, -0.15) is 5.06 Å². The van der Waals surface area contributed by atoms with Crippen LogP contribution in [0.1, 0.15) is 140 Å². The number of allylic oxidation sites excluding steroid dienone is 2. The SMILES string of the molecule is C(=CCCCN1OC(CCCCCCCCc2cccnc2)C2CCCC21)CCCCCCCCCc1cccnc1.